The molecule has 0 bridgehead atoms. The van der Waals surface area contributed by atoms with E-state index in [1.807, 2.05) is 0 Å². The topological polar surface area (TPSA) is 79.5 Å². The van der Waals surface area contributed by atoms with Crippen molar-refractivity contribution in [3.05, 3.63) is 88.7 Å². The number of anilines is 2. The molecular weight excluding hydrogens is 515 g/mol. The third-order valence-corrected chi connectivity index (χ3v) is 8.01. The number of aromatic nitrogens is 1. The zero-order chi connectivity index (χ0) is 27.0. The Hall–Kier alpha value is -3.25. The SMILES string of the molecule is Cc1cccc2c1CN(S(=O)(=O)C(F)(F)F)C[C@H](CCc1ccc(F)cc1)N2Cc1cc(N)c(F)cn1. The van der Waals surface area contributed by atoms with Gasteiger partial charge in [-0.25, -0.2) is 17.2 Å². The first-order valence-electron chi connectivity index (χ1n) is 11.4. The number of pyridine rings is 1. The monoisotopic (exact) mass is 540 g/mol. The molecule has 1 aliphatic heterocycles. The van der Waals surface area contributed by atoms with Gasteiger partial charge in [0.15, 0.2) is 5.82 Å². The summed E-state index contributed by atoms with van der Waals surface area (Å²) in [6, 6.07) is 11.5. The normalized spacial score (nSPS) is 16.9. The second kappa shape index (κ2) is 10.3. The van der Waals surface area contributed by atoms with Crippen LogP contribution in [0.1, 0.15) is 28.8 Å². The van der Waals surface area contributed by atoms with E-state index in [0.717, 1.165) is 11.8 Å². The molecule has 0 amide bonds. The molecule has 0 saturated carbocycles. The van der Waals surface area contributed by atoms with E-state index in [0.29, 0.717) is 33.2 Å². The highest BCUT2D eigenvalue weighted by atomic mass is 32.2. The number of hydrogen-bond acceptors (Lipinski definition) is 5. The maximum Gasteiger partial charge on any atom is 0.511 e. The average molecular weight is 541 g/mol. The third kappa shape index (κ3) is 5.69. The van der Waals surface area contributed by atoms with Crippen molar-refractivity contribution in [2.75, 3.05) is 17.2 Å². The molecule has 3 aromatic rings. The Balaban J connectivity index is 1.79. The van der Waals surface area contributed by atoms with Crippen LogP contribution in [0.4, 0.5) is 33.3 Å². The van der Waals surface area contributed by atoms with Crippen LogP contribution in [-0.2, 0) is 29.5 Å². The number of sulfonamides is 1. The molecule has 2 aromatic carbocycles. The molecule has 4 rings (SSSR count). The number of nitrogens with zero attached hydrogens (tertiary/aromatic N) is 3. The van der Waals surface area contributed by atoms with E-state index in [1.54, 1.807) is 42.2 Å². The second-order valence-corrected chi connectivity index (χ2v) is 10.9. The molecule has 1 aromatic heterocycles. The fourth-order valence-electron chi connectivity index (χ4n) is 4.47. The molecule has 1 aliphatic rings. The van der Waals surface area contributed by atoms with Gasteiger partial charge in [0.1, 0.15) is 5.82 Å². The fraction of sp³-hybridized carbons (Fsp3) is 0.320. The van der Waals surface area contributed by atoms with Crippen LogP contribution < -0.4 is 10.6 Å². The van der Waals surface area contributed by atoms with Crippen molar-refractivity contribution in [1.29, 1.82) is 0 Å². The van der Waals surface area contributed by atoms with Crippen molar-refractivity contribution in [3.8, 4) is 0 Å². The van der Waals surface area contributed by atoms with Crippen molar-refractivity contribution in [2.45, 2.75) is 44.4 Å². The zero-order valence-electron chi connectivity index (χ0n) is 19.8. The summed E-state index contributed by atoms with van der Waals surface area (Å²) in [6.45, 7) is 0.831. The Morgan fingerprint density at radius 3 is 2.46 bits per heavy atom. The number of nitrogen functional groups attached to an aromatic ring is 1. The minimum Gasteiger partial charge on any atom is -0.396 e. The largest absolute Gasteiger partial charge is 0.511 e. The van der Waals surface area contributed by atoms with Gasteiger partial charge in [0.2, 0.25) is 0 Å². The minimum absolute atomic E-state index is 0.0505. The van der Waals surface area contributed by atoms with Crippen molar-refractivity contribution in [1.82, 2.24) is 9.29 Å². The number of aryl methyl sites for hydroxylation is 2. The van der Waals surface area contributed by atoms with E-state index in [9.17, 15) is 30.4 Å². The standard InChI is InChI=1S/C25H25F5N4O2S/c1-16-3-2-4-24-21(16)15-33(37(35,36)25(28,29)30)14-20(10-7-17-5-8-18(26)9-6-17)34(24)13-19-11-23(31)22(27)12-32-19/h2-6,8-9,11-12,20H,7,10,13-15H2,1H3,(H2,31,32)/t20-/m0/s1. The van der Waals surface area contributed by atoms with Crippen LogP contribution in [0.25, 0.3) is 0 Å². The summed E-state index contributed by atoms with van der Waals surface area (Å²) >= 11 is 0. The molecule has 0 unspecified atom stereocenters. The van der Waals surface area contributed by atoms with E-state index in [-0.39, 0.29) is 18.7 Å². The molecule has 2 N–H and O–H groups in total. The molecular formula is C25H25F5N4O2S. The van der Waals surface area contributed by atoms with E-state index >= 15 is 0 Å². The Bertz CT molecular complexity index is 1380. The molecule has 0 fully saturated rings. The highest BCUT2D eigenvalue weighted by Gasteiger charge is 2.51. The molecule has 0 aliphatic carbocycles. The Morgan fingerprint density at radius 2 is 1.81 bits per heavy atom. The lowest BCUT2D eigenvalue weighted by Gasteiger charge is -2.34. The van der Waals surface area contributed by atoms with Gasteiger partial charge < -0.3 is 10.6 Å². The van der Waals surface area contributed by atoms with Crippen molar-refractivity contribution < 1.29 is 30.4 Å². The molecule has 198 valence electrons. The van der Waals surface area contributed by atoms with Crippen LogP contribution in [0.2, 0.25) is 0 Å². The van der Waals surface area contributed by atoms with Crippen LogP contribution in [0, 0.1) is 18.6 Å². The van der Waals surface area contributed by atoms with E-state index in [2.05, 4.69) is 4.98 Å². The lowest BCUT2D eigenvalue weighted by molar-refractivity contribution is -0.0492. The first-order chi connectivity index (χ1) is 17.4. The van der Waals surface area contributed by atoms with Gasteiger partial charge in [0.25, 0.3) is 0 Å². The molecule has 0 spiro atoms. The van der Waals surface area contributed by atoms with Crippen LogP contribution in [-0.4, -0.2) is 35.8 Å². The molecule has 1 atom stereocenters. The first kappa shape index (κ1) is 26.8. The van der Waals surface area contributed by atoms with Gasteiger partial charge in [-0.1, -0.05) is 24.3 Å². The summed E-state index contributed by atoms with van der Waals surface area (Å²) < 4.78 is 93.6. The number of nitrogens with two attached hydrogens (primary N) is 1. The Kier molecular flexibility index (Phi) is 7.43. The second-order valence-electron chi connectivity index (χ2n) is 8.96. The molecule has 2 heterocycles. The van der Waals surface area contributed by atoms with E-state index in [4.69, 9.17) is 5.73 Å². The lowest BCUT2D eigenvalue weighted by Crippen LogP contribution is -2.47. The van der Waals surface area contributed by atoms with Gasteiger partial charge in [-0.2, -0.15) is 17.5 Å². The van der Waals surface area contributed by atoms with Gasteiger partial charge in [0, 0.05) is 24.8 Å². The summed E-state index contributed by atoms with van der Waals surface area (Å²) in [5.74, 6) is -1.13. The van der Waals surface area contributed by atoms with E-state index < -0.39 is 46.3 Å². The van der Waals surface area contributed by atoms with Gasteiger partial charge in [-0.05, 0) is 60.7 Å². The third-order valence-electron chi connectivity index (χ3n) is 6.47. The van der Waals surface area contributed by atoms with Gasteiger partial charge in [0.05, 0.1) is 24.1 Å². The number of hydrogen-bond donors (Lipinski definition) is 1. The highest BCUT2D eigenvalue weighted by Crippen LogP contribution is 2.37. The van der Waals surface area contributed by atoms with Crippen molar-refractivity contribution >= 4 is 21.4 Å². The highest BCUT2D eigenvalue weighted by molar-refractivity contribution is 7.89. The smallest absolute Gasteiger partial charge is 0.396 e. The quantitative estimate of drug-likeness (QED) is 0.449. The number of alkyl halides is 3. The number of rotatable bonds is 6. The molecule has 0 radical (unpaired) electrons. The minimum atomic E-state index is -5.64. The summed E-state index contributed by atoms with van der Waals surface area (Å²) in [4.78, 5) is 5.87. The summed E-state index contributed by atoms with van der Waals surface area (Å²) in [5, 5.41) is 0. The summed E-state index contributed by atoms with van der Waals surface area (Å²) in [6.07, 6.45) is 1.56. The van der Waals surface area contributed by atoms with Gasteiger partial charge >= 0.3 is 15.5 Å². The van der Waals surface area contributed by atoms with Crippen molar-refractivity contribution in [2.24, 2.45) is 0 Å². The van der Waals surface area contributed by atoms with Gasteiger partial charge in [-0.15, -0.1) is 0 Å². The molecule has 12 heteroatoms. The Labute approximate surface area is 211 Å². The van der Waals surface area contributed by atoms with E-state index in [1.165, 1.54) is 18.2 Å². The molecule has 0 saturated heterocycles. The summed E-state index contributed by atoms with van der Waals surface area (Å²) in [5.41, 5.74) is 2.81. The first-order valence-corrected chi connectivity index (χ1v) is 12.9. The van der Waals surface area contributed by atoms with Gasteiger partial charge in [-0.3, -0.25) is 4.98 Å². The average Bonchev–Trinajstić information content (AvgIpc) is 2.99. The lowest BCUT2D eigenvalue weighted by atomic mass is 10.0. The number of halogens is 5. The Morgan fingerprint density at radius 1 is 1.11 bits per heavy atom. The molecule has 37 heavy (non-hydrogen) atoms. The van der Waals surface area contributed by atoms with Crippen LogP contribution in [0.5, 0.6) is 0 Å². The maximum absolute atomic E-state index is 13.7. The predicted octanol–water partition coefficient (Wildman–Crippen LogP) is 4.92. The summed E-state index contributed by atoms with van der Waals surface area (Å²) in [7, 11) is -5.64. The maximum atomic E-state index is 13.7. The molecule has 6 nitrogen and oxygen atoms in total. The van der Waals surface area contributed by atoms with Crippen LogP contribution >= 0.6 is 0 Å². The zero-order valence-corrected chi connectivity index (χ0v) is 20.7. The number of fused-ring (bicyclic) bond motifs is 1. The predicted molar refractivity (Wildman–Crippen MR) is 130 cm³/mol. The number of benzene rings is 2. The fourth-order valence-corrected chi connectivity index (χ4v) is 5.43. The van der Waals surface area contributed by atoms with Crippen LogP contribution in [0.3, 0.4) is 0 Å². The van der Waals surface area contributed by atoms with Crippen LogP contribution in [0.15, 0.2) is 54.7 Å². The van der Waals surface area contributed by atoms with Crippen molar-refractivity contribution in [3.63, 3.8) is 0 Å².